The van der Waals surface area contributed by atoms with E-state index in [0.29, 0.717) is 20.0 Å². The van der Waals surface area contributed by atoms with Crippen LogP contribution in [0.3, 0.4) is 0 Å². The Labute approximate surface area is 210 Å². The maximum atomic E-state index is 13.8. The normalized spacial score (nSPS) is 22.8. The molecule has 0 radical (unpaired) electrons. The lowest BCUT2D eigenvalue weighted by atomic mass is 9.97. The van der Waals surface area contributed by atoms with Crippen LogP contribution in [0.5, 0.6) is 11.5 Å². The van der Waals surface area contributed by atoms with Gasteiger partial charge in [-0.3, -0.25) is 0 Å². The minimum atomic E-state index is -0.447. The second kappa shape index (κ2) is 9.00. The highest BCUT2D eigenvalue weighted by Gasteiger charge is 2.36. The summed E-state index contributed by atoms with van der Waals surface area (Å²) in [4.78, 5) is 8.13. The second-order valence-electron chi connectivity index (χ2n) is 8.09. The second-order valence-corrected chi connectivity index (χ2v) is 11.3. The highest BCUT2D eigenvalue weighted by atomic mass is 35.5. The molecule has 4 heterocycles. The standard InChI is InChI=1S/2C11H9ClFNO2S/c2*1-4-7(3-15)16-9-5(13)2-6-10(8(4)9)17-11(12)14-6/h2*2,4,7,15H,3H2,1H3/t4-,7+;4-,7-/m11/s1. The third-order valence-electron chi connectivity index (χ3n) is 6.12. The monoisotopic (exact) mass is 546 g/mol. The Bertz CT molecular complexity index is 1310. The number of thiazole rings is 2. The van der Waals surface area contributed by atoms with Crippen molar-refractivity contribution in [2.75, 3.05) is 13.2 Å². The predicted molar refractivity (Wildman–Crippen MR) is 129 cm³/mol. The van der Waals surface area contributed by atoms with Gasteiger partial charge in [0.1, 0.15) is 12.2 Å². The topological polar surface area (TPSA) is 84.7 Å². The highest BCUT2D eigenvalue weighted by Crippen LogP contribution is 2.47. The van der Waals surface area contributed by atoms with E-state index in [1.807, 2.05) is 13.8 Å². The maximum absolute atomic E-state index is 13.8. The molecule has 0 saturated carbocycles. The fourth-order valence-electron chi connectivity index (χ4n) is 4.36. The van der Waals surface area contributed by atoms with Gasteiger partial charge in [0.25, 0.3) is 0 Å². The first-order valence-corrected chi connectivity index (χ1v) is 12.7. The van der Waals surface area contributed by atoms with Crippen LogP contribution in [0.15, 0.2) is 12.1 Å². The zero-order valence-electron chi connectivity index (χ0n) is 17.8. The number of fused-ring (bicyclic) bond motifs is 6. The van der Waals surface area contributed by atoms with E-state index in [9.17, 15) is 19.0 Å². The number of aliphatic hydroxyl groups excluding tert-OH is 2. The van der Waals surface area contributed by atoms with Crippen molar-refractivity contribution in [3.63, 3.8) is 0 Å². The molecule has 180 valence electrons. The summed E-state index contributed by atoms with van der Waals surface area (Å²) in [7, 11) is 0. The predicted octanol–water partition coefficient (Wildman–Crippen LogP) is 5.89. The fraction of sp³-hybridized carbons (Fsp3) is 0.364. The molecule has 0 amide bonds. The molecule has 0 unspecified atom stereocenters. The number of benzene rings is 2. The van der Waals surface area contributed by atoms with Crippen LogP contribution >= 0.6 is 45.9 Å². The van der Waals surface area contributed by atoms with Crippen molar-refractivity contribution >= 4 is 66.3 Å². The van der Waals surface area contributed by atoms with Gasteiger partial charge < -0.3 is 19.7 Å². The lowest BCUT2D eigenvalue weighted by molar-refractivity contribution is 0.117. The summed E-state index contributed by atoms with van der Waals surface area (Å²) < 4.78 is 41.0. The van der Waals surface area contributed by atoms with Crippen molar-refractivity contribution in [2.24, 2.45) is 0 Å². The van der Waals surface area contributed by atoms with Crippen LogP contribution in [0.1, 0.15) is 36.8 Å². The number of aromatic nitrogens is 2. The Balaban J connectivity index is 0.000000142. The van der Waals surface area contributed by atoms with E-state index in [-0.39, 0.29) is 36.5 Å². The number of aliphatic hydroxyl groups is 2. The molecule has 2 aliphatic rings. The quantitative estimate of drug-likeness (QED) is 0.326. The van der Waals surface area contributed by atoms with Gasteiger partial charge in [-0.2, -0.15) is 0 Å². The first kappa shape index (κ1) is 23.9. The first-order chi connectivity index (χ1) is 16.2. The summed E-state index contributed by atoms with van der Waals surface area (Å²) in [5.41, 5.74) is 2.63. The summed E-state index contributed by atoms with van der Waals surface area (Å²) in [6, 6.07) is 2.64. The molecule has 12 heteroatoms. The van der Waals surface area contributed by atoms with Gasteiger partial charge in [-0.15, -0.1) is 22.7 Å². The van der Waals surface area contributed by atoms with Gasteiger partial charge in [0.2, 0.25) is 0 Å². The molecule has 2 aromatic carbocycles. The number of rotatable bonds is 2. The zero-order chi connectivity index (χ0) is 24.3. The van der Waals surface area contributed by atoms with Crippen molar-refractivity contribution in [1.29, 1.82) is 0 Å². The van der Waals surface area contributed by atoms with Gasteiger partial charge in [0.05, 0.1) is 33.6 Å². The zero-order valence-corrected chi connectivity index (χ0v) is 21.0. The summed E-state index contributed by atoms with van der Waals surface area (Å²) in [5, 5.41) is 18.4. The average molecular weight is 547 g/mol. The van der Waals surface area contributed by atoms with Crippen LogP contribution in [0.2, 0.25) is 8.93 Å². The van der Waals surface area contributed by atoms with Crippen LogP contribution < -0.4 is 9.47 Å². The highest BCUT2D eigenvalue weighted by molar-refractivity contribution is 7.22. The van der Waals surface area contributed by atoms with Gasteiger partial charge >= 0.3 is 0 Å². The van der Waals surface area contributed by atoms with E-state index < -0.39 is 23.8 Å². The molecule has 0 saturated heterocycles. The van der Waals surface area contributed by atoms with Crippen LogP contribution in [0.4, 0.5) is 8.78 Å². The largest absolute Gasteiger partial charge is 0.484 e. The lowest BCUT2D eigenvalue weighted by Crippen LogP contribution is -2.21. The van der Waals surface area contributed by atoms with Crippen molar-refractivity contribution < 1.29 is 28.5 Å². The molecule has 4 atom stereocenters. The first-order valence-electron chi connectivity index (χ1n) is 10.3. The van der Waals surface area contributed by atoms with E-state index in [4.69, 9.17) is 32.7 Å². The molecule has 2 N–H and O–H groups in total. The van der Waals surface area contributed by atoms with E-state index in [2.05, 4.69) is 9.97 Å². The molecule has 0 fully saturated rings. The van der Waals surface area contributed by atoms with Crippen molar-refractivity contribution in [1.82, 2.24) is 9.97 Å². The third kappa shape index (κ3) is 3.81. The van der Waals surface area contributed by atoms with Gasteiger partial charge in [-0.05, 0) is 0 Å². The molecule has 2 aromatic heterocycles. The molecule has 4 aromatic rings. The molecule has 6 rings (SSSR count). The van der Waals surface area contributed by atoms with Crippen LogP contribution in [-0.2, 0) is 0 Å². The number of halogens is 4. The number of hydrogen-bond donors (Lipinski definition) is 2. The van der Waals surface area contributed by atoms with E-state index in [1.165, 1.54) is 34.8 Å². The number of nitrogens with zero attached hydrogens (tertiary/aromatic N) is 2. The summed E-state index contributed by atoms with van der Waals surface area (Å²) in [6.07, 6.45) is -0.794. The van der Waals surface area contributed by atoms with Gasteiger partial charge in [-0.1, -0.05) is 37.0 Å². The molecule has 6 nitrogen and oxygen atoms in total. The molecule has 34 heavy (non-hydrogen) atoms. The summed E-state index contributed by atoms with van der Waals surface area (Å²) >= 11 is 14.3. The van der Waals surface area contributed by atoms with Gasteiger partial charge in [0.15, 0.2) is 32.1 Å². The number of ether oxygens (including phenoxy) is 2. The Morgan fingerprint density at radius 1 is 0.824 bits per heavy atom. The van der Waals surface area contributed by atoms with Crippen molar-refractivity contribution in [3.8, 4) is 11.5 Å². The van der Waals surface area contributed by atoms with Crippen LogP contribution in [0.25, 0.3) is 20.4 Å². The molecule has 0 spiro atoms. The van der Waals surface area contributed by atoms with Crippen LogP contribution in [0, 0.1) is 11.6 Å². The number of hydrogen-bond acceptors (Lipinski definition) is 8. The van der Waals surface area contributed by atoms with Gasteiger partial charge in [-0.25, -0.2) is 18.7 Å². The third-order valence-corrected chi connectivity index (χ3v) is 8.54. The average Bonchev–Trinajstić information content (AvgIpc) is 3.52. The van der Waals surface area contributed by atoms with Crippen LogP contribution in [-0.4, -0.2) is 45.6 Å². The van der Waals surface area contributed by atoms with E-state index >= 15 is 0 Å². The van der Waals surface area contributed by atoms with Crippen molar-refractivity contribution in [3.05, 3.63) is 43.8 Å². The fourth-order valence-corrected chi connectivity index (χ4v) is 6.83. The molecule has 2 aliphatic heterocycles. The smallest absolute Gasteiger partial charge is 0.184 e. The molecular weight excluding hydrogens is 529 g/mol. The summed E-state index contributed by atoms with van der Waals surface area (Å²) in [5.74, 6) is -0.572. The Morgan fingerprint density at radius 3 is 1.56 bits per heavy atom. The van der Waals surface area contributed by atoms with E-state index in [0.717, 1.165) is 20.5 Å². The minimum absolute atomic E-state index is 0.0651. The Hall–Kier alpha value is -1.82. The van der Waals surface area contributed by atoms with Crippen molar-refractivity contribution in [2.45, 2.75) is 37.9 Å². The van der Waals surface area contributed by atoms with Gasteiger partial charge in [0, 0.05) is 35.1 Å². The molecular formula is C22H18Cl2F2N2O4S2. The van der Waals surface area contributed by atoms with E-state index in [1.54, 1.807) is 0 Å². The lowest BCUT2D eigenvalue weighted by Gasteiger charge is -2.10. The Kier molecular flexibility index (Phi) is 6.33. The molecule has 0 aliphatic carbocycles. The molecule has 0 bridgehead atoms. The SMILES string of the molecule is C[C@H]1c2c(c(F)cc3nc(Cl)sc23)O[C@@H]1CO.C[C@H]1c2c(c(F)cc3nc(Cl)sc23)O[C@H]1CO. The minimum Gasteiger partial charge on any atom is -0.484 e. The Morgan fingerprint density at radius 2 is 1.21 bits per heavy atom. The maximum Gasteiger partial charge on any atom is 0.184 e. The summed E-state index contributed by atoms with van der Waals surface area (Å²) in [6.45, 7) is 3.53.